The van der Waals surface area contributed by atoms with Gasteiger partial charge in [-0.05, 0) is 6.08 Å². The average Bonchev–Trinajstić information content (AvgIpc) is 2.73. The summed E-state index contributed by atoms with van der Waals surface area (Å²) in [4.78, 5) is 23.4. The largest absolute Gasteiger partial charge is 0.391 e. The third kappa shape index (κ3) is 3.27. The molecule has 0 bridgehead atoms. The summed E-state index contributed by atoms with van der Waals surface area (Å²) in [5.41, 5.74) is 6.39. The first-order valence-corrected chi connectivity index (χ1v) is 6.89. The molecule has 0 aliphatic carbocycles. The second-order valence-electron chi connectivity index (χ2n) is 5.11. The molecule has 0 spiro atoms. The molecule has 0 radical (unpaired) electrons. The number of rotatable bonds is 3. The van der Waals surface area contributed by atoms with Gasteiger partial charge in [-0.15, -0.1) is 0 Å². The molecule has 0 aromatic carbocycles. The van der Waals surface area contributed by atoms with Crippen LogP contribution in [0.25, 0.3) is 5.57 Å². The van der Waals surface area contributed by atoms with Crippen molar-refractivity contribution >= 4 is 17.8 Å². The van der Waals surface area contributed by atoms with E-state index in [1.165, 1.54) is 12.5 Å². The smallest absolute Gasteiger partial charge is 0.367 e. The van der Waals surface area contributed by atoms with Crippen LogP contribution in [0.15, 0.2) is 23.5 Å². The van der Waals surface area contributed by atoms with Crippen LogP contribution in [0, 0.1) is 0 Å². The van der Waals surface area contributed by atoms with E-state index in [-0.39, 0.29) is 23.8 Å². The second-order valence-corrected chi connectivity index (χ2v) is 5.11. The maximum absolute atomic E-state index is 12.7. The number of fused-ring (bicyclic) bond motifs is 1. The zero-order chi connectivity index (χ0) is 17.3. The molecule has 0 saturated heterocycles. The van der Waals surface area contributed by atoms with Crippen LogP contribution in [0.3, 0.4) is 0 Å². The van der Waals surface area contributed by atoms with Crippen molar-refractivity contribution in [1.29, 1.82) is 0 Å². The number of allylic oxidation sites excluding steroid dienone is 2. The first kappa shape index (κ1) is 16.1. The van der Waals surface area contributed by atoms with Crippen molar-refractivity contribution in [3.05, 3.63) is 41.3 Å². The number of halogens is 3. The van der Waals surface area contributed by atoms with E-state index in [4.69, 9.17) is 10.5 Å². The number of nitrogens with two attached hydrogens (primary N) is 1. The molecule has 0 fully saturated rings. The molecule has 1 aromatic heterocycles. The summed E-state index contributed by atoms with van der Waals surface area (Å²) in [6.45, 7) is -0.0905. The van der Waals surface area contributed by atoms with Gasteiger partial charge < -0.3 is 15.8 Å². The molecule has 126 valence electrons. The quantitative estimate of drug-likeness (QED) is 0.870. The minimum atomic E-state index is -4.43. The molecule has 1 amide bonds. The molecule has 24 heavy (non-hydrogen) atoms. The van der Waals surface area contributed by atoms with E-state index >= 15 is 0 Å². The number of carbonyl (C=O) groups excluding carboxylic acids is 1. The zero-order valence-electron chi connectivity index (χ0n) is 12.2. The first-order chi connectivity index (χ1) is 11.3. The Hall–Kier alpha value is -2.75. The fourth-order valence-corrected chi connectivity index (χ4v) is 2.41. The van der Waals surface area contributed by atoms with Crippen molar-refractivity contribution in [2.24, 2.45) is 10.7 Å². The SMILES string of the molecule is NC(=O)c1nc(C2=CN=CNC=C2)c2c(n1)C(CC(F)(F)F)OC2. The van der Waals surface area contributed by atoms with E-state index in [1.54, 1.807) is 12.3 Å². The Morgan fingerprint density at radius 2 is 2.21 bits per heavy atom. The lowest BCUT2D eigenvalue weighted by molar-refractivity contribution is -0.160. The van der Waals surface area contributed by atoms with Crippen molar-refractivity contribution in [2.45, 2.75) is 25.3 Å². The third-order valence-corrected chi connectivity index (χ3v) is 3.41. The lowest BCUT2D eigenvalue weighted by Gasteiger charge is -2.13. The van der Waals surface area contributed by atoms with Gasteiger partial charge in [0.2, 0.25) is 5.82 Å². The molecule has 3 heterocycles. The maximum atomic E-state index is 12.7. The molecule has 3 rings (SSSR count). The normalized spacial score (nSPS) is 19.5. The van der Waals surface area contributed by atoms with Crippen LogP contribution < -0.4 is 11.1 Å². The van der Waals surface area contributed by atoms with Gasteiger partial charge in [-0.25, -0.2) is 15.0 Å². The Morgan fingerprint density at radius 1 is 1.42 bits per heavy atom. The van der Waals surface area contributed by atoms with Crippen LogP contribution in [0.1, 0.15) is 40.1 Å². The molecule has 2 aliphatic heterocycles. The number of carbonyl (C=O) groups is 1. The highest BCUT2D eigenvalue weighted by Gasteiger charge is 2.39. The summed E-state index contributed by atoms with van der Waals surface area (Å²) < 4.78 is 43.3. The van der Waals surface area contributed by atoms with Gasteiger partial charge in [-0.1, -0.05) is 0 Å². The van der Waals surface area contributed by atoms with Gasteiger partial charge in [0.25, 0.3) is 5.91 Å². The number of nitrogens with zero attached hydrogens (tertiary/aromatic N) is 3. The van der Waals surface area contributed by atoms with E-state index in [9.17, 15) is 18.0 Å². The summed E-state index contributed by atoms with van der Waals surface area (Å²) in [6, 6.07) is 0. The van der Waals surface area contributed by atoms with Gasteiger partial charge >= 0.3 is 6.18 Å². The summed E-state index contributed by atoms with van der Waals surface area (Å²) in [5.74, 6) is -1.30. The number of amides is 1. The van der Waals surface area contributed by atoms with E-state index in [0.717, 1.165) is 0 Å². The topological polar surface area (TPSA) is 102 Å². The molecule has 7 nitrogen and oxygen atoms in total. The Balaban J connectivity index is 2.11. The Morgan fingerprint density at radius 3 is 2.92 bits per heavy atom. The average molecular weight is 339 g/mol. The van der Waals surface area contributed by atoms with Crippen LogP contribution in [0.4, 0.5) is 13.2 Å². The first-order valence-electron chi connectivity index (χ1n) is 6.89. The van der Waals surface area contributed by atoms with Crippen molar-refractivity contribution in [1.82, 2.24) is 15.3 Å². The number of hydrogen-bond donors (Lipinski definition) is 2. The fraction of sp³-hybridized carbons (Fsp3) is 0.286. The Bertz CT molecular complexity index is 770. The van der Waals surface area contributed by atoms with Crippen molar-refractivity contribution in [3.63, 3.8) is 0 Å². The monoisotopic (exact) mass is 339 g/mol. The van der Waals surface area contributed by atoms with Crippen molar-refractivity contribution in [2.75, 3.05) is 0 Å². The van der Waals surface area contributed by atoms with Gasteiger partial charge in [-0.2, -0.15) is 13.2 Å². The molecule has 2 aliphatic rings. The minimum absolute atomic E-state index is 0.0293. The van der Waals surface area contributed by atoms with Gasteiger partial charge in [0, 0.05) is 23.5 Å². The number of primary amides is 1. The van der Waals surface area contributed by atoms with Crippen molar-refractivity contribution in [3.8, 4) is 0 Å². The number of nitrogens with one attached hydrogen (secondary N) is 1. The maximum Gasteiger partial charge on any atom is 0.391 e. The van der Waals surface area contributed by atoms with Crippen LogP contribution in [-0.4, -0.2) is 28.4 Å². The van der Waals surface area contributed by atoms with E-state index < -0.39 is 24.6 Å². The van der Waals surface area contributed by atoms with Gasteiger partial charge in [0.05, 0.1) is 30.8 Å². The highest BCUT2D eigenvalue weighted by Crippen LogP contribution is 2.40. The molecule has 1 aromatic rings. The molecule has 3 N–H and O–H groups in total. The Labute approximate surface area is 134 Å². The summed E-state index contributed by atoms with van der Waals surface area (Å²) >= 11 is 0. The molecule has 1 unspecified atom stereocenters. The number of aromatic nitrogens is 2. The lowest BCUT2D eigenvalue weighted by Crippen LogP contribution is -2.20. The summed E-state index contributed by atoms with van der Waals surface area (Å²) in [5, 5.41) is 2.75. The standard InChI is InChI=1S/C14H12F3N5O2/c15-14(16,17)3-9-11-8(5-24-9)10(21-13(22-11)12(18)23)7-1-2-19-6-20-4-7/h1-2,4,6,9H,3,5H2,(H2,18,23)(H,19,20). The summed E-state index contributed by atoms with van der Waals surface area (Å²) in [7, 11) is 0. The molecular weight excluding hydrogens is 327 g/mol. The number of hydrogen-bond acceptors (Lipinski definition) is 6. The van der Waals surface area contributed by atoms with Crippen LogP contribution in [0.5, 0.6) is 0 Å². The molecule has 0 saturated carbocycles. The zero-order valence-corrected chi connectivity index (χ0v) is 12.2. The minimum Gasteiger partial charge on any atom is -0.367 e. The highest BCUT2D eigenvalue weighted by molar-refractivity contribution is 5.90. The number of alkyl halides is 3. The van der Waals surface area contributed by atoms with E-state index in [2.05, 4.69) is 20.3 Å². The molecule has 1 atom stereocenters. The lowest BCUT2D eigenvalue weighted by atomic mass is 10.0. The number of aliphatic imine (C=N–C) groups is 1. The molecular formula is C14H12F3N5O2. The van der Waals surface area contributed by atoms with E-state index in [0.29, 0.717) is 11.1 Å². The highest BCUT2D eigenvalue weighted by atomic mass is 19.4. The van der Waals surface area contributed by atoms with Crippen LogP contribution in [0.2, 0.25) is 0 Å². The van der Waals surface area contributed by atoms with Crippen LogP contribution >= 0.6 is 0 Å². The Kier molecular flexibility index (Phi) is 4.06. The summed E-state index contributed by atoms with van der Waals surface area (Å²) in [6.07, 6.45) is -0.856. The van der Waals surface area contributed by atoms with Crippen LogP contribution in [-0.2, 0) is 11.3 Å². The molecule has 10 heteroatoms. The van der Waals surface area contributed by atoms with Crippen molar-refractivity contribution < 1.29 is 22.7 Å². The fourth-order valence-electron chi connectivity index (χ4n) is 2.41. The predicted molar refractivity (Wildman–Crippen MR) is 77.5 cm³/mol. The number of ether oxygens (including phenoxy) is 1. The predicted octanol–water partition coefficient (Wildman–Crippen LogP) is 1.59. The van der Waals surface area contributed by atoms with Gasteiger partial charge in [0.1, 0.15) is 6.10 Å². The second kappa shape index (κ2) is 6.04. The van der Waals surface area contributed by atoms with E-state index in [1.807, 2.05) is 0 Å². The van der Waals surface area contributed by atoms with Gasteiger partial charge in [0.15, 0.2) is 0 Å². The van der Waals surface area contributed by atoms with Gasteiger partial charge in [-0.3, -0.25) is 4.79 Å². The third-order valence-electron chi connectivity index (χ3n) is 3.41.